The summed E-state index contributed by atoms with van der Waals surface area (Å²) in [5.41, 5.74) is 2.11. The first kappa shape index (κ1) is 20.4. The van der Waals surface area contributed by atoms with Crippen LogP contribution in [0.25, 0.3) is 0 Å². The number of nitrogens with zero attached hydrogens (tertiary/aromatic N) is 4. The number of fused-ring (bicyclic) bond motifs is 1. The summed E-state index contributed by atoms with van der Waals surface area (Å²) in [6.07, 6.45) is 0. The first-order valence-corrected chi connectivity index (χ1v) is 9.87. The first-order chi connectivity index (χ1) is 15.1. The van der Waals surface area contributed by atoms with E-state index in [1.54, 1.807) is 17.9 Å². The maximum Gasteiger partial charge on any atom is 0.317 e. The number of esters is 1. The Morgan fingerprint density at radius 1 is 1.19 bits per heavy atom. The van der Waals surface area contributed by atoms with Gasteiger partial charge in [0.2, 0.25) is 5.95 Å². The van der Waals surface area contributed by atoms with Gasteiger partial charge in [-0.2, -0.15) is 0 Å². The van der Waals surface area contributed by atoms with Crippen molar-refractivity contribution in [1.82, 2.24) is 20.2 Å². The van der Waals surface area contributed by atoms with E-state index < -0.39 is 17.9 Å². The summed E-state index contributed by atoms with van der Waals surface area (Å²) < 4.78 is 18.3. The van der Waals surface area contributed by atoms with Crippen LogP contribution in [0.15, 0.2) is 60.8 Å². The normalized spacial score (nSPS) is 17.4. The Labute approximate surface area is 179 Å². The average molecular weight is 421 g/mol. The number of anilines is 1. The molecule has 2 aromatic carbocycles. The lowest BCUT2D eigenvalue weighted by Crippen LogP contribution is -2.37. The molecule has 9 heteroatoms. The van der Waals surface area contributed by atoms with Gasteiger partial charge in [-0.05, 0) is 40.6 Å². The molecular weight excluding hydrogens is 398 g/mol. The molecule has 0 saturated carbocycles. The predicted molar refractivity (Wildman–Crippen MR) is 113 cm³/mol. The maximum absolute atomic E-state index is 13.2. The summed E-state index contributed by atoms with van der Waals surface area (Å²) in [5, 5.41) is 14.8. The van der Waals surface area contributed by atoms with Gasteiger partial charge in [0.15, 0.2) is 11.5 Å². The van der Waals surface area contributed by atoms with Gasteiger partial charge in [0.1, 0.15) is 18.6 Å². The van der Waals surface area contributed by atoms with Crippen LogP contribution in [0.2, 0.25) is 0 Å². The Morgan fingerprint density at radius 3 is 2.74 bits per heavy atom. The van der Waals surface area contributed by atoms with Crippen molar-refractivity contribution in [3.63, 3.8) is 0 Å². The monoisotopic (exact) mass is 421 g/mol. The van der Waals surface area contributed by atoms with Crippen molar-refractivity contribution in [2.24, 2.45) is 5.92 Å². The zero-order valence-corrected chi connectivity index (χ0v) is 17.3. The zero-order valence-electron chi connectivity index (χ0n) is 17.3. The van der Waals surface area contributed by atoms with Gasteiger partial charge < -0.3 is 19.5 Å². The third kappa shape index (κ3) is 4.07. The van der Waals surface area contributed by atoms with E-state index in [1.807, 2.05) is 49.4 Å². The van der Waals surface area contributed by atoms with E-state index in [0.29, 0.717) is 29.8 Å². The number of tetrazole rings is 1. The largest absolute Gasteiger partial charge is 0.493 e. The van der Waals surface area contributed by atoms with Crippen LogP contribution in [0.3, 0.4) is 0 Å². The second-order valence-electron chi connectivity index (χ2n) is 6.96. The van der Waals surface area contributed by atoms with Gasteiger partial charge in [-0.3, -0.25) is 4.79 Å². The molecule has 0 bridgehead atoms. The van der Waals surface area contributed by atoms with E-state index in [-0.39, 0.29) is 6.61 Å². The summed E-state index contributed by atoms with van der Waals surface area (Å²) in [7, 11) is 1.57. The summed E-state index contributed by atoms with van der Waals surface area (Å²) in [6, 6.07) is 14.4. The molecule has 0 radical (unpaired) electrons. The molecule has 0 fully saturated rings. The number of carbonyl (C=O) groups excluding carboxylic acids is 1. The minimum absolute atomic E-state index is 0.158. The van der Waals surface area contributed by atoms with Crippen LogP contribution in [0.1, 0.15) is 24.1 Å². The lowest BCUT2D eigenvalue weighted by molar-refractivity contribution is -0.149. The van der Waals surface area contributed by atoms with Crippen molar-refractivity contribution in [2.45, 2.75) is 19.6 Å². The highest BCUT2D eigenvalue weighted by molar-refractivity contribution is 5.79. The molecule has 2 atom stereocenters. The quantitative estimate of drug-likeness (QED) is 0.581. The zero-order chi connectivity index (χ0) is 21.8. The maximum atomic E-state index is 13.2. The number of ether oxygens (including phenoxy) is 3. The predicted octanol–water partition coefficient (Wildman–Crippen LogP) is 2.97. The van der Waals surface area contributed by atoms with Crippen molar-refractivity contribution in [2.75, 3.05) is 19.0 Å². The molecule has 1 N–H and O–H groups in total. The molecule has 160 valence electrons. The molecule has 0 spiro atoms. The Balaban J connectivity index is 1.68. The van der Waals surface area contributed by atoms with E-state index in [2.05, 4.69) is 27.4 Å². The topological polar surface area (TPSA) is 100 Å². The van der Waals surface area contributed by atoms with Crippen LogP contribution in [0.4, 0.5) is 5.95 Å². The Bertz CT molecular complexity index is 1080. The standard InChI is InChI=1S/C22H23N5O4/c1-4-30-17-11-10-16(12-18(17)29-3)20-19(14(2)23-22-24-25-26-27(20)22)21(28)31-13-15-8-6-5-7-9-15/h5-12,19-20H,2,4,13H2,1,3H3,(H,23,24,26). The first-order valence-electron chi connectivity index (χ1n) is 9.87. The molecule has 1 aliphatic rings. The third-order valence-electron chi connectivity index (χ3n) is 5.03. The molecule has 0 aliphatic carbocycles. The van der Waals surface area contributed by atoms with Gasteiger partial charge in [-0.25, -0.2) is 4.68 Å². The fourth-order valence-corrected chi connectivity index (χ4v) is 3.58. The highest BCUT2D eigenvalue weighted by Gasteiger charge is 2.41. The van der Waals surface area contributed by atoms with Gasteiger partial charge in [-0.1, -0.05) is 48.1 Å². The van der Waals surface area contributed by atoms with E-state index in [9.17, 15) is 4.79 Å². The molecule has 31 heavy (non-hydrogen) atoms. The van der Waals surface area contributed by atoms with E-state index >= 15 is 0 Å². The molecule has 0 saturated heterocycles. The van der Waals surface area contributed by atoms with Crippen LogP contribution < -0.4 is 14.8 Å². The van der Waals surface area contributed by atoms with Crippen molar-refractivity contribution in [1.29, 1.82) is 0 Å². The second-order valence-corrected chi connectivity index (χ2v) is 6.96. The van der Waals surface area contributed by atoms with E-state index in [1.165, 1.54) is 0 Å². The SMILES string of the molecule is C=C1Nc2nnnn2C(c2ccc(OCC)c(OC)c2)C1C(=O)OCc1ccccc1. The Kier molecular flexibility index (Phi) is 5.83. The molecule has 4 rings (SSSR count). The summed E-state index contributed by atoms with van der Waals surface area (Å²) in [6.45, 7) is 6.60. The highest BCUT2D eigenvalue weighted by Crippen LogP contribution is 2.40. The molecule has 3 aromatic rings. The number of carbonyl (C=O) groups is 1. The summed E-state index contributed by atoms with van der Waals surface area (Å²) >= 11 is 0. The summed E-state index contributed by atoms with van der Waals surface area (Å²) in [5.74, 6) is 0.383. The third-order valence-corrected chi connectivity index (χ3v) is 5.03. The number of rotatable bonds is 7. The smallest absolute Gasteiger partial charge is 0.317 e. The van der Waals surface area contributed by atoms with Gasteiger partial charge in [0.05, 0.1) is 13.7 Å². The molecule has 0 amide bonds. The number of hydrogen-bond acceptors (Lipinski definition) is 8. The number of aromatic nitrogens is 4. The van der Waals surface area contributed by atoms with Gasteiger partial charge in [0.25, 0.3) is 0 Å². The van der Waals surface area contributed by atoms with Gasteiger partial charge in [0, 0.05) is 5.70 Å². The average Bonchev–Trinajstić information content (AvgIpc) is 3.25. The minimum Gasteiger partial charge on any atom is -0.493 e. The lowest BCUT2D eigenvalue weighted by atomic mass is 9.89. The van der Waals surface area contributed by atoms with Crippen molar-refractivity contribution in [3.05, 3.63) is 71.9 Å². The van der Waals surface area contributed by atoms with Crippen LogP contribution in [-0.4, -0.2) is 39.9 Å². The van der Waals surface area contributed by atoms with Gasteiger partial charge in [-0.15, -0.1) is 0 Å². The highest BCUT2D eigenvalue weighted by atomic mass is 16.5. The van der Waals surface area contributed by atoms with Crippen molar-refractivity contribution >= 4 is 11.9 Å². The molecule has 2 heterocycles. The van der Waals surface area contributed by atoms with Crippen LogP contribution in [0, 0.1) is 5.92 Å². The van der Waals surface area contributed by atoms with Crippen LogP contribution in [-0.2, 0) is 16.1 Å². The number of hydrogen-bond donors (Lipinski definition) is 1. The second kappa shape index (κ2) is 8.86. The summed E-state index contributed by atoms with van der Waals surface area (Å²) in [4.78, 5) is 13.2. The Hall–Kier alpha value is -3.88. The van der Waals surface area contributed by atoms with Crippen molar-refractivity contribution < 1.29 is 19.0 Å². The molecule has 1 aliphatic heterocycles. The fourth-order valence-electron chi connectivity index (χ4n) is 3.58. The molecular formula is C22H23N5O4. The lowest BCUT2D eigenvalue weighted by Gasteiger charge is -2.32. The minimum atomic E-state index is -0.748. The number of methoxy groups -OCH3 is 1. The van der Waals surface area contributed by atoms with Crippen molar-refractivity contribution in [3.8, 4) is 11.5 Å². The van der Waals surface area contributed by atoms with Crippen LogP contribution >= 0.6 is 0 Å². The molecule has 1 aromatic heterocycles. The van der Waals surface area contributed by atoms with Crippen LogP contribution in [0.5, 0.6) is 11.5 Å². The fraction of sp³-hybridized carbons (Fsp3) is 0.273. The van der Waals surface area contributed by atoms with E-state index in [4.69, 9.17) is 14.2 Å². The number of nitrogens with one attached hydrogen (secondary N) is 1. The number of benzene rings is 2. The molecule has 9 nitrogen and oxygen atoms in total. The Morgan fingerprint density at radius 2 is 2.00 bits per heavy atom. The van der Waals surface area contributed by atoms with E-state index in [0.717, 1.165) is 11.1 Å². The van der Waals surface area contributed by atoms with Gasteiger partial charge >= 0.3 is 5.97 Å². The molecule has 2 unspecified atom stereocenters.